The lowest BCUT2D eigenvalue weighted by Crippen LogP contribution is -2.25. The molecule has 0 fully saturated rings. The Labute approximate surface area is 85.3 Å². The molecular formula is C9H10ClF2NO. The van der Waals surface area contributed by atoms with E-state index < -0.39 is 23.8 Å². The SMILES string of the molecule is CC(N)C(O)c1c(Cl)ccc(F)c1F. The van der Waals surface area contributed by atoms with Crippen LogP contribution in [0.15, 0.2) is 12.1 Å². The second-order valence-electron chi connectivity index (χ2n) is 3.06. The van der Waals surface area contributed by atoms with Gasteiger partial charge in [-0.3, -0.25) is 0 Å². The molecule has 2 atom stereocenters. The van der Waals surface area contributed by atoms with Gasteiger partial charge < -0.3 is 10.8 Å². The van der Waals surface area contributed by atoms with Crippen LogP contribution in [0.4, 0.5) is 8.78 Å². The first-order valence-electron chi connectivity index (χ1n) is 4.02. The number of nitrogens with two attached hydrogens (primary N) is 1. The number of benzene rings is 1. The Morgan fingerprint density at radius 2 is 2.00 bits per heavy atom. The van der Waals surface area contributed by atoms with E-state index in [9.17, 15) is 13.9 Å². The summed E-state index contributed by atoms with van der Waals surface area (Å²) in [5.41, 5.74) is 5.07. The van der Waals surface area contributed by atoms with E-state index in [-0.39, 0.29) is 10.6 Å². The van der Waals surface area contributed by atoms with Gasteiger partial charge in [0, 0.05) is 16.6 Å². The molecule has 3 N–H and O–H groups in total. The monoisotopic (exact) mass is 221 g/mol. The second-order valence-corrected chi connectivity index (χ2v) is 3.47. The van der Waals surface area contributed by atoms with Crippen molar-refractivity contribution in [3.8, 4) is 0 Å². The summed E-state index contributed by atoms with van der Waals surface area (Å²) in [4.78, 5) is 0. The van der Waals surface area contributed by atoms with Crippen molar-refractivity contribution in [1.82, 2.24) is 0 Å². The van der Waals surface area contributed by atoms with Crippen molar-refractivity contribution in [2.24, 2.45) is 5.73 Å². The third-order valence-electron chi connectivity index (χ3n) is 1.87. The van der Waals surface area contributed by atoms with Gasteiger partial charge in [-0.15, -0.1) is 0 Å². The minimum Gasteiger partial charge on any atom is -0.387 e. The van der Waals surface area contributed by atoms with Crippen LogP contribution in [0.2, 0.25) is 5.02 Å². The van der Waals surface area contributed by atoms with Gasteiger partial charge in [0.15, 0.2) is 11.6 Å². The number of hydrogen-bond acceptors (Lipinski definition) is 2. The van der Waals surface area contributed by atoms with Gasteiger partial charge in [-0.05, 0) is 19.1 Å². The molecule has 5 heteroatoms. The maximum Gasteiger partial charge on any atom is 0.166 e. The van der Waals surface area contributed by atoms with Gasteiger partial charge in [0.2, 0.25) is 0 Å². The average molecular weight is 222 g/mol. The molecule has 2 nitrogen and oxygen atoms in total. The van der Waals surface area contributed by atoms with Gasteiger partial charge in [0.05, 0.1) is 6.10 Å². The lowest BCUT2D eigenvalue weighted by atomic mass is 10.0. The van der Waals surface area contributed by atoms with Crippen LogP contribution in [-0.4, -0.2) is 11.1 Å². The van der Waals surface area contributed by atoms with Gasteiger partial charge >= 0.3 is 0 Å². The maximum absolute atomic E-state index is 13.2. The Balaban J connectivity index is 3.25. The summed E-state index contributed by atoms with van der Waals surface area (Å²) >= 11 is 5.62. The highest BCUT2D eigenvalue weighted by Gasteiger charge is 2.22. The van der Waals surface area contributed by atoms with Crippen LogP contribution >= 0.6 is 11.6 Å². The maximum atomic E-state index is 13.2. The molecule has 2 unspecified atom stereocenters. The standard InChI is InChI=1S/C9H10ClF2NO/c1-4(13)9(14)7-5(10)2-3-6(11)8(7)12/h2-4,9,14H,13H2,1H3. The van der Waals surface area contributed by atoms with E-state index in [1.165, 1.54) is 13.0 Å². The van der Waals surface area contributed by atoms with Gasteiger partial charge in [0.1, 0.15) is 0 Å². The highest BCUT2D eigenvalue weighted by atomic mass is 35.5. The first-order valence-corrected chi connectivity index (χ1v) is 4.40. The van der Waals surface area contributed by atoms with Crippen LogP contribution < -0.4 is 5.73 Å². The van der Waals surface area contributed by atoms with E-state index in [0.29, 0.717) is 0 Å². The first kappa shape index (κ1) is 11.4. The molecule has 1 aromatic carbocycles. The number of hydrogen-bond donors (Lipinski definition) is 2. The van der Waals surface area contributed by atoms with Crippen LogP contribution in [0.5, 0.6) is 0 Å². The number of aliphatic hydroxyl groups excluding tert-OH is 1. The molecule has 0 heterocycles. The molecule has 0 saturated heterocycles. The molecular weight excluding hydrogens is 212 g/mol. The predicted molar refractivity (Wildman–Crippen MR) is 50.0 cm³/mol. The summed E-state index contributed by atoms with van der Waals surface area (Å²) in [6.45, 7) is 1.48. The molecule has 0 radical (unpaired) electrons. The third-order valence-corrected chi connectivity index (χ3v) is 2.20. The Morgan fingerprint density at radius 3 is 2.50 bits per heavy atom. The number of halogens is 3. The smallest absolute Gasteiger partial charge is 0.166 e. The largest absolute Gasteiger partial charge is 0.387 e. The van der Waals surface area contributed by atoms with Gasteiger partial charge in [-0.1, -0.05) is 11.6 Å². The second kappa shape index (κ2) is 4.21. The van der Waals surface area contributed by atoms with Gasteiger partial charge in [-0.25, -0.2) is 8.78 Å². The molecule has 0 amide bonds. The fourth-order valence-electron chi connectivity index (χ4n) is 1.08. The van der Waals surface area contributed by atoms with Crippen LogP contribution in [0.3, 0.4) is 0 Å². The van der Waals surface area contributed by atoms with Crippen molar-refractivity contribution in [3.05, 3.63) is 34.4 Å². The molecule has 1 rings (SSSR count). The van der Waals surface area contributed by atoms with E-state index >= 15 is 0 Å². The fraction of sp³-hybridized carbons (Fsp3) is 0.333. The van der Waals surface area contributed by atoms with Crippen molar-refractivity contribution in [3.63, 3.8) is 0 Å². The van der Waals surface area contributed by atoms with Crippen molar-refractivity contribution >= 4 is 11.6 Å². The van der Waals surface area contributed by atoms with E-state index in [2.05, 4.69) is 0 Å². The van der Waals surface area contributed by atoms with E-state index in [0.717, 1.165) is 6.07 Å². The van der Waals surface area contributed by atoms with Crippen LogP contribution in [0.25, 0.3) is 0 Å². The van der Waals surface area contributed by atoms with Crippen molar-refractivity contribution < 1.29 is 13.9 Å². The zero-order valence-electron chi connectivity index (χ0n) is 7.47. The Kier molecular flexibility index (Phi) is 3.42. The minimum absolute atomic E-state index is 0.0336. The lowest BCUT2D eigenvalue weighted by molar-refractivity contribution is 0.148. The minimum atomic E-state index is -1.31. The first-order chi connectivity index (χ1) is 6.45. The zero-order valence-corrected chi connectivity index (χ0v) is 8.22. The summed E-state index contributed by atoms with van der Waals surface area (Å²) in [5.74, 6) is -2.20. The summed E-state index contributed by atoms with van der Waals surface area (Å²) < 4.78 is 26.0. The molecule has 1 aromatic rings. The van der Waals surface area contributed by atoms with Crippen LogP contribution in [0.1, 0.15) is 18.6 Å². The van der Waals surface area contributed by atoms with Crippen LogP contribution in [-0.2, 0) is 0 Å². The zero-order chi connectivity index (χ0) is 10.9. The molecule has 0 bridgehead atoms. The Bertz CT molecular complexity index is 344. The predicted octanol–water partition coefficient (Wildman–Crippen LogP) is 2.00. The molecule has 0 aliphatic heterocycles. The lowest BCUT2D eigenvalue weighted by Gasteiger charge is -2.17. The van der Waals surface area contributed by atoms with Crippen molar-refractivity contribution in [2.75, 3.05) is 0 Å². The van der Waals surface area contributed by atoms with Gasteiger partial charge in [-0.2, -0.15) is 0 Å². The normalized spacial score (nSPS) is 15.3. The molecule has 0 aromatic heterocycles. The summed E-state index contributed by atoms with van der Waals surface area (Å²) in [6.07, 6.45) is -1.31. The summed E-state index contributed by atoms with van der Waals surface area (Å²) in [5, 5.41) is 9.43. The van der Waals surface area contributed by atoms with E-state index in [1.807, 2.05) is 0 Å². The van der Waals surface area contributed by atoms with Crippen molar-refractivity contribution in [2.45, 2.75) is 19.1 Å². The van der Waals surface area contributed by atoms with Crippen LogP contribution in [0, 0.1) is 11.6 Å². The van der Waals surface area contributed by atoms with Gasteiger partial charge in [0.25, 0.3) is 0 Å². The molecule has 14 heavy (non-hydrogen) atoms. The van der Waals surface area contributed by atoms with E-state index in [4.69, 9.17) is 17.3 Å². The molecule has 78 valence electrons. The Hall–Kier alpha value is -0.710. The fourth-order valence-corrected chi connectivity index (χ4v) is 1.33. The Morgan fingerprint density at radius 1 is 1.43 bits per heavy atom. The van der Waals surface area contributed by atoms with Crippen molar-refractivity contribution in [1.29, 1.82) is 0 Å². The summed E-state index contributed by atoms with van der Waals surface area (Å²) in [7, 11) is 0. The average Bonchev–Trinajstić information content (AvgIpc) is 2.12. The quantitative estimate of drug-likeness (QED) is 0.751. The molecule has 0 aliphatic rings. The number of aliphatic hydroxyl groups is 1. The topological polar surface area (TPSA) is 46.2 Å². The highest BCUT2D eigenvalue weighted by molar-refractivity contribution is 6.31. The molecule has 0 aliphatic carbocycles. The molecule has 0 saturated carbocycles. The summed E-state index contributed by atoms with van der Waals surface area (Å²) in [6, 6.07) is 1.36. The van der Waals surface area contributed by atoms with E-state index in [1.54, 1.807) is 0 Å². The highest BCUT2D eigenvalue weighted by Crippen LogP contribution is 2.28. The third kappa shape index (κ3) is 2.03. The molecule has 0 spiro atoms. The number of rotatable bonds is 2.